The number of nitrogens with zero attached hydrogens (tertiary/aromatic N) is 5. The summed E-state index contributed by atoms with van der Waals surface area (Å²) >= 11 is 0. The van der Waals surface area contributed by atoms with Gasteiger partial charge in [0.15, 0.2) is 0 Å². The van der Waals surface area contributed by atoms with Gasteiger partial charge in [-0.1, -0.05) is 0 Å². The fourth-order valence-corrected chi connectivity index (χ4v) is 3.71. The number of aliphatic hydroxyl groups excluding tert-OH is 1. The number of rotatable bonds is 5. The fourth-order valence-electron chi connectivity index (χ4n) is 3.71. The van der Waals surface area contributed by atoms with Crippen molar-refractivity contribution < 1.29 is 5.11 Å². The summed E-state index contributed by atoms with van der Waals surface area (Å²) in [7, 11) is 0. The van der Waals surface area contributed by atoms with E-state index in [0.717, 1.165) is 30.4 Å². The molecule has 2 fully saturated rings. The quantitative estimate of drug-likeness (QED) is 0.905. The van der Waals surface area contributed by atoms with E-state index < -0.39 is 0 Å². The third-order valence-corrected chi connectivity index (χ3v) is 5.38. The van der Waals surface area contributed by atoms with Crippen molar-refractivity contribution in [2.45, 2.75) is 51.5 Å². The number of hydrogen-bond donors (Lipinski definition) is 1. The molecule has 6 heteroatoms. The monoisotopic (exact) mass is 341 g/mol. The first-order valence-corrected chi connectivity index (χ1v) is 9.30. The minimum absolute atomic E-state index is 0.188. The predicted molar refractivity (Wildman–Crippen MR) is 96.9 cm³/mol. The third kappa shape index (κ3) is 3.27. The maximum absolute atomic E-state index is 9.90. The van der Waals surface area contributed by atoms with Crippen molar-refractivity contribution in [2.75, 3.05) is 24.6 Å². The Kier molecular flexibility index (Phi) is 4.23. The fraction of sp³-hybridized carbons (Fsp3) is 0.632. The van der Waals surface area contributed by atoms with Crippen LogP contribution >= 0.6 is 0 Å². The summed E-state index contributed by atoms with van der Waals surface area (Å²) in [6.07, 6.45) is 6.50. The van der Waals surface area contributed by atoms with Crippen molar-refractivity contribution in [1.29, 1.82) is 0 Å². The van der Waals surface area contributed by atoms with E-state index in [4.69, 9.17) is 4.98 Å². The minimum Gasteiger partial charge on any atom is -0.396 e. The standard InChI is InChI=1S/C19H27N5O/c1-12(2)24-9-15(7-20-24)17-10-23(8-16(17)11-25)18-6-13(3)21-19(22-18)14-4-5-14/h6-7,9,12,14,16-17,25H,4-5,8,10-11H2,1-3H3/t16-,17-/m0/s1. The SMILES string of the molecule is Cc1cc(N2C[C@@H](CO)[C@H](c3cnn(C(C)C)c3)C2)nc(C2CC2)n1. The zero-order chi connectivity index (χ0) is 17.6. The lowest BCUT2D eigenvalue weighted by molar-refractivity contribution is 0.227. The summed E-state index contributed by atoms with van der Waals surface area (Å²) in [6.45, 7) is 8.19. The Balaban J connectivity index is 1.58. The number of aromatic nitrogens is 4. The van der Waals surface area contributed by atoms with Gasteiger partial charge in [-0.15, -0.1) is 0 Å². The third-order valence-electron chi connectivity index (χ3n) is 5.38. The summed E-state index contributed by atoms with van der Waals surface area (Å²) < 4.78 is 1.99. The number of aliphatic hydroxyl groups is 1. The van der Waals surface area contributed by atoms with E-state index in [-0.39, 0.29) is 18.4 Å². The van der Waals surface area contributed by atoms with Crippen molar-refractivity contribution in [1.82, 2.24) is 19.7 Å². The topological polar surface area (TPSA) is 67.1 Å². The van der Waals surface area contributed by atoms with E-state index in [1.807, 2.05) is 17.8 Å². The lowest BCUT2D eigenvalue weighted by Crippen LogP contribution is -2.22. The van der Waals surface area contributed by atoms with E-state index >= 15 is 0 Å². The van der Waals surface area contributed by atoms with Gasteiger partial charge in [0.25, 0.3) is 0 Å². The molecule has 2 aromatic heterocycles. The number of hydrogen-bond acceptors (Lipinski definition) is 5. The molecule has 3 heterocycles. The minimum atomic E-state index is 0.188. The molecule has 1 saturated carbocycles. The van der Waals surface area contributed by atoms with Crippen LogP contribution in [0.4, 0.5) is 5.82 Å². The van der Waals surface area contributed by atoms with Crippen LogP contribution in [0.5, 0.6) is 0 Å². The van der Waals surface area contributed by atoms with Crippen LogP contribution in [0.1, 0.15) is 61.6 Å². The molecule has 1 aliphatic carbocycles. The van der Waals surface area contributed by atoms with Gasteiger partial charge in [0.1, 0.15) is 11.6 Å². The summed E-state index contributed by atoms with van der Waals surface area (Å²) in [5.41, 5.74) is 2.24. The van der Waals surface area contributed by atoms with Crippen LogP contribution in [0.25, 0.3) is 0 Å². The van der Waals surface area contributed by atoms with Crippen molar-refractivity contribution in [3.05, 3.63) is 35.5 Å². The summed E-state index contributed by atoms with van der Waals surface area (Å²) in [5, 5.41) is 14.4. The summed E-state index contributed by atoms with van der Waals surface area (Å²) in [4.78, 5) is 11.7. The van der Waals surface area contributed by atoms with Gasteiger partial charge in [-0.25, -0.2) is 9.97 Å². The van der Waals surface area contributed by atoms with Gasteiger partial charge in [0.2, 0.25) is 0 Å². The summed E-state index contributed by atoms with van der Waals surface area (Å²) in [5.74, 6) is 3.05. The molecule has 134 valence electrons. The second-order valence-electron chi connectivity index (χ2n) is 7.80. The van der Waals surface area contributed by atoms with Gasteiger partial charge in [0.05, 0.1) is 6.20 Å². The predicted octanol–water partition coefficient (Wildman–Crippen LogP) is 2.65. The second-order valence-corrected chi connectivity index (χ2v) is 7.80. The molecule has 1 saturated heterocycles. The molecule has 2 atom stereocenters. The highest BCUT2D eigenvalue weighted by atomic mass is 16.3. The lowest BCUT2D eigenvalue weighted by atomic mass is 9.92. The highest BCUT2D eigenvalue weighted by Gasteiger charge is 2.36. The highest BCUT2D eigenvalue weighted by molar-refractivity contribution is 5.43. The van der Waals surface area contributed by atoms with E-state index in [1.165, 1.54) is 18.4 Å². The Morgan fingerprint density at radius 2 is 2.04 bits per heavy atom. The first-order valence-electron chi connectivity index (χ1n) is 9.30. The molecule has 6 nitrogen and oxygen atoms in total. The molecule has 4 rings (SSSR count). The van der Waals surface area contributed by atoms with Crippen LogP contribution in [-0.4, -0.2) is 44.6 Å². The smallest absolute Gasteiger partial charge is 0.134 e. The maximum atomic E-state index is 9.90. The Bertz CT molecular complexity index is 752. The molecule has 0 unspecified atom stereocenters. The van der Waals surface area contributed by atoms with Gasteiger partial charge in [0, 0.05) is 61.4 Å². The van der Waals surface area contributed by atoms with Crippen molar-refractivity contribution in [3.8, 4) is 0 Å². The van der Waals surface area contributed by atoms with Crippen LogP contribution in [0.3, 0.4) is 0 Å². The molecule has 1 aliphatic heterocycles. The molecule has 1 N–H and O–H groups in total. The molecular weight excluding hydrogens is 314 g/mol. The molecule has 0 spiro atoms. The molecular formula is C19H27N5O. The van der Waals surface area contributed by atoms with Crippen molar-refractivity contribution in [3.63, 3.8) is 0 Å². The Morgan fingerprint density at radius 1 is 1.24 bits per heavy atom. The molecule has 25 heavy (non-hydrogen) atoms. The number of aryl methyl sites for hydroxylation is 1. The van der Waals surface area contributed by atoms with Gasteiger partial charge in [-0.05, 0) is 39.2 Å². The number of anilines is 1. The zero-order valence-corrected chi connectivity index (χ0v) is 15.3. The van der Waals surface area contributed by atoms with E-state index in [2.05, 4.69) is 41.1 Å². The van der Waals surface area contributed by atoms with Gasteiger partial charge in [-0.2, -0.15) is 5.10 Å². The van der Waals surface area contributed by atoms with E-state index in [1.54, 1.807) is 0 Å². The van der Waals surface area contributed by atoms with Crippen molar-refractivity contribution in [2.24, 2.45) is 5.92 Å². The molecule has 0 amide bonds. The van der Waals surface area contributed by atoms with Crippen LogP contribution in [0.2, 0.25) is 0 Å². The maximum Gasteiger partial charge on any atom is 0.134 e. The molecule has 2 aromatic rings. The average molecular weight is 341 g/mol. The summed E-state index contributed by atoms with van der Waals surface area (Å²) in [6, 6.07) is 2.42. The Labute approximate surface area is 148 Å². The van der Waals surface area contributed by atoms with Crippen LogP contribution in [0, 0.1) is 12.8 Å². The second kappa shape index (κ2) is 6.41. The Hall–Kier alpha value is -1.95. The normalized spacial score (nSPS) is 23.6. The lowest BCUT2D eigenvalue weighted by Gasteiger charge is -2.18. The first-order chi connectivity index (χ1) is 12.0. The van der Waals surface area contributed by atoms with Crippen molar-refractivity contribution >= 4 is 5.82 Å². The highest BCUT2D eigenvalue weighted by Crippen LogP contribution is 2.40. The van der Waals surface area contributed by atoms with E-state index in [0.29, 0.717) is 12.0 Å². The largest absolute Gasteiger partial charge is 0.396 e. The van der Waals surface area contributed by atoms with Gasteiger partial charge >= 0.3 is 0 Å². The molecule has 0 aromatic carbocycles. The van der Waals surface area contributed by atoms with Gasteiger partial charge < -0.3 is 10.0 Å². The average Bonchev–Trinajstić information content (AvgIpc) is 3.16. The van der Waals surface area contributed by atoms with Crippen LogP contribution in [0.15, 0.2) is 18.5 Å². The molecule has 2 aliphatic rings. The zero-order valence-electron chi connectivity index (χ0n) is 15.3. The van der Waals surface area contributed by atoms with E-state index in [9.17, 15) is 5.11 Å². The molecule has 0 radical (unpaired) electrons. The Morgan fingerprint density at radius 3 is 2.68 bits per heavy atom. The van der Waals surface area contributed by atoms with Crippen LogP contribution in [-0.2, 0) is 0 Å². The first kappa shape index (κ1) is 16.5. The van der Waals surface area contributed by atoms with Crippen LogP contribution < -0.4 is 4.90 Å². The molecule has 0 bridgehead atoms. The van der Waals surface area contributed by atoms with Gasteiger partial charge in [-0.3, -0.25) is 4.68 Å².